The number of hydrogen-bond donors (Lipinski definition) is 0. The Bertz CT molecular complexity index is 1310. The Kier molecular flexibility index (Phi) is 5.84. The summed E-state index contributed by atoms with van der Waals surface area (Å²) in [5.41, 5.74) is 4.14. The molecule has 0 radical (unpaired) electrons. The number of imidazole rings is 1. The topological polar surface area (TPSA) is 52.0 Å². The Morgan fingerprint density at radius 3 is 2.52 bits per heavy atom. The first kappa shape index (κ1) is 21.2. The van der Waals surface area contributed by atoms with E-state index >= 15 is 0 Å². The number of para-hydroxylation sites is 1. The second kappa shape index (κ2) is 9.08. The maximum absolute atomic E-state index is 6.21. The van der Waals surface area contributed by atoms with Crippen molar-refractivity contribution in [1.29, 1.82) is 0 Å². The third kappa shape index (κ3) is 4.61. The maximum atomic E-state index is 6.21. The van der Waals surface area contributed by atoms with Crippen molar-refractivity contribution in [2.24, 2.45) is 7.05 Å². The summed E-state index contributed by atoms with van der Waals surface area (Å²) >= 11 is 0. The SMILES string of the molecule is CC(C)N(Cc1cn(Cc2ccccc2)nc1-c1cc2ccccc2o1)Cc1nccn1C. The number of furan rings is 1. The molecule has 2 aromatic carbocycles. The van der Waals surface area contributed by atoms with Gasteiger partial charge in [-0.3, -0.25) is 9.58 Å². The van der Waals surface area contributed by atoms with Gasteiger partial charge in [0.25, 0.3) is 0 Å². The third-order valence-corrected chi connectivity index (χ3v) is 6.05. The van der Waals surface area contributed by atoms with Gasteiger partial charge in [-0.05, 0) is 31.5 Å². The van der Waals surface area contributed by atoms with Gasteiger partial charge in [0.1, 0.15) is 17.1 Å². The molecular weight excluding hydrogens is 410 g/mol. The second-order valence-electron chi connectivity index (χ2n) is 8.79. The summed E-state index contributed by atoms with van der Waals surface area (Å²) in [5, 5.41) is 6.06. The molecule has 0 bridgehead atoms. The smallest absolute Gasteiger partial charge is 0.156 e. The Morgan fingerprint density at radius 1 is 1.00 bits per heavy atom. The number of hydrogen-bond acceptors (Lipinski definition) is 4. The average molecular weight is 440 g/mol. The predicted molar refractivity (Wildman–Crippen MR) is 131 cm³/mol. The van der Waals surface area contributed by atoms with Crippen LogP contribution in [0.4, 0.5) is 0 Å². The minimum Gasteiger partial charge on any atom is -0.454 e. The van der Waals surface area contributed by atoms with Gasteiger partial charge in [-0.25, -0.2) is 4.98 Å². The Balaban J connectivity index is 1.51. The second-order valence-corrected chi connectivity index (χ2v) is 8.79. The Morgan fingerprint density at radius 2 is 1.79 bits per heavy atom. The summed E-state index contributed by atoms with van der Waals surface area (Å²) in [7, 11) is 2.04. The first-order valence-electron chi connectivity index (χ1n) is 11.4. The lowest BCUT2D eigenvalue weighted by Gasteiger charge is -2.25. The standard InChI is InChI=1S/C27H29N5O/c1-20(2)31(19-26-28-13-14-30(26)3)17-23-18-32(16-21-9-5-4-6-10-21)29-27(23)25-15-22-11-7-8-12-24(22)33-25/h4-15,18,20H,16-17,19H2,1-3H3. The van der Waals surface area contributed by atoms with Gasteiger partial charge in [0.05, 0.1) is 13.1 Å². The molecule has 6 heteroatoms. The number of aryl methyl sites for hydroxylation is 1. The van der Waals surface area contributed by atoms with Gasteiger partial charge in [-0.15, -0.1) is 0 Å². The van der Waals surface area contributed by atoms with Crippen LogP contribution in [0, 0.1) is 0 Å². The molecule has 0 N–H and O–H groups in total. The van der Waals surface area contributed by atoms with Crippen molar-refractivity contribution in [1.82, 2.24) is 24.2 Å². The van der Waals surface area contributed by atoms with Gasteiger partial charge in [0.15, 0.2) is 5.76 Å². The van der Waals surface area contributed by atoms with Gasteiger partial charge in [-0.2, -0.15) is 5.10 Å². The van der Waals surface area contributed by atoms with Crippen LogP contribution < -0.4 is 0 Å². The lowest BCUT2D eigenvalue weighted by molar-refractivity contribution is 0.197. The minimum absolute atomic E-state index is 0.350. The van der Waals surface area contributed by atoms with E-state index in [1.54, 1.807) is 0 Å². The molecule has 0 unspecified atom stereocenters. The largest absolute Gasteiger partial charge is 0.454 e. The van der Waals surface area contributed by atoms with E-state index in [1.807, 2.05) is 48.4 Å². The van der Waals surface area contributed by atoms with Crippen molar-refractivity contribution >= 4 is 11.0 Å². The molecule has 5 rings (SSSR count). The van der Waals surface area contributed by atoms with Crippen LogP contribution in [0.25, 0.3) is 22.4 Å². The van der Waals surface area contributed by atoms with Crippen LogP contribution in [0.15, 0.2) is 83.7 Å². The van der Waals surface area contributed by atoms with Crippen LogP contribution in [-0.4, -0.2) is 30.3 Å². The number of rotatable bonds is 8. The highest BCUT2D eigenvalue weighted by atomic mass is 16.3. The van der Waals surface area contributed by atoms with Crippen molar-refractivity contribution in [3.05, 3.63) is 96.2 Å². The summed E-state index contributed by atoms with van der Waals surface area (Å²) in [6.07, 6.45) is 6.00. The van der Waals surface area contributed by atoms with Crippen molar-refractivity contribution in [3.8, 4) is 11.5 Å². The van der Waals surface area contributed by atoms with E-state index < -0.39 is 0 Å². The molecule has 0 amide bonds. The lowest BCUT2D eigenvalue weighted by atomic mass is 10.1. The molecule has 0 aliphatic heterocycles. The van der Waals surface area contributed by atoms with Gasteiger partial charge in [-0.1, -0.05) is 48.5 Å². The van der Waals surface area contributed by atoms with Gasteiger partial charge >= 0.3 is 0 Å². The van der Waals surface area contributed by atoms with Crippen LogP contribution in [0.5, 0.6) is 0 Å². The zero-order chi connectivity index (χ0) is 22.8. The molecule has 0 fully saturated rings. The van der Waals surface area contributed by atoms with Crippen molar-refractivity contribution in [2.75, 3.05) is 0 Å². The molecule has 0 spiro atoms. The number of aromatic nitrogens is 4. The Hall–Kier alpha value is -3.64. The van der Waals surface area contributed by atoms with E-state index in [4.69, 9.17) is 9.52 Å². The molecule has 0 saturated heterocycles. The first-order valence-corrected chi connectivity index (χ1v) is 11.4. The zero-order valence-electron chi connectivity index (χ0n) is 19.3. The van der Waals surface area contributed by atoms with E-state index in [1.165, 1.54) is 5.56 Å². The molecule has 0 aliphatic rings. The monoisotopic (exact) mass is 439 g/mol. The number of benzene rings is 2. The van der Waals surface area contributed by atoms with Crippen LogP contribution in [-0.2, 0) is 26.7 Å². The fourth-order valence-corrected chi connectivity index (χ4v) is 4.11. The highest BCUT2D eigenvalue weighted by molar-refractivity contribution is 5.82. The van der Waals surface area contributed by atoms with Gasteiger partial charge in [0.2, 0.25) is 0 Å². The van der Waals surface area contributed by atoms with E-state index in [2.05, 4.69) is 70.9 Å². The summed E-state index contributed by atoms with van der Waals surface area (Å²) in [6, 6.07) is 21.0. The lowest BCUT2D eigenvalue weighted by Crippen LogP contribution is -2.31. The normalized spacial score (nSPS) is 11.8. The highest BCUT2D eigenvalue weighted by Gasteiger charge is 2.21. The van der Waals surface area contributed by atoms with E-state index in [9.17, 15) is 0 Å². The molecule has 6 nitrogen and oxygen atoms in total. The molecule has 168 valence electrons. The minimum atomic E-state index is 0.350. The van der Waals surface area contributed by atoms with Crippen LogP contribution in [0.1, 0.15) is 30.8 Å². The van der Waals surface area contributed by atoms with E-state index in [0.717, 1.165) is 53.4 Å². The summed E-state index contributed by atoms with van der Waals surface area (Å²) < 4.78 is 10.3. The molecule has 3 aromatic heterocycles. The fourth-order valence-electron chi connectivity index (χ4n) is 4.11. The molecule has 0 aliphatic carbocycles. The Labute approximate surface area is 194 Å². The first-order chi connectivity index (χ1) is 16.1. The zero-order valence-corrected chi connectivity index (χ0v) is 19.3. The maximum Gasteiger partial charge on any atom is 0.156 e. The molecule has 0 atom stereocenters. The number of nitrogens with zero attached hydrogens (tertiary/aromatic N) is 5. The fraction of sp³-hybridized carbons (Fsp3) is 0.259. The third-order valence-electron chi connectivity index (χ3n) is 6.05. The van der Waals surface area contributed by atoms with Gasteiger partial charge in [0, 0.05) is 49.2 Å². The van der Waals surface area contributed by atoms with Gasteiger partial charge < -0.3 is 8.98 Å². The van der Waals surface area contributed by atoms with Crippen LogP contribution in [0.3, 0.4) is 0 Å². The molecule has 0 saturated carbocycles. The van der Waals surface area contributed by atoms with E-state index in [0.29, 0.717) is 6.04 Å². The average Bonchev–Trinajstić information content (AvgIpc) is 3.52. The van der Waals surface area contributed by atoms with Crippen LogP contribution in [0.2, 0.25) is 0 Å². The molecule has 5 aromatic rings. The summed E-state index contributed by atoms with van der Waals surface area (Å²) in [5.74, 6) is 1.85. The van der Waals surface area contributed by atoms with Crippen LogP contribution >= 0.6 is 0 Å². The summed E-state index contributed by atoms with van der Waals surface area (Å²) in [6.45, 7) is 6.68. The quantitative estimate of drug-likeness (QED) is 0.321. The summed E-state index contributed by atoms with van der Waals surface area (Å²) in [4.78, 5) is 6.95. The van der Waals surface area contributed by atoms with Crippen molar-refractivity contribution in [2.45, 2.75) is 39.5 Å². The number of fused-ring (bicyclic) bond motifs is 1. The molecule has 33 heavy (non-hydrogen) atoms. The molecular formula is C27H29N5O. The molecule has 3 heterocycles. The highest BCUT2D eigenvalue weighted by Crippen LogP contribution is 2.30. The van der Waals surface area contributed by atoms with Crippen molar-refractivity contribution in [3.63, 3.8) is 0 Å². The van der Waals surface area contributed by atoms with Crippen molar-refractivity contribution < 1.29 is 4.42 Å². The predicted octanol–water partition coefficient (Wildman–Crippen LogP) is 5.49. The van der Waals surface area contributed by atoms with E-state index in [-0.39, 0.29) is 0 Å².